The third kappa shape index (κ3) is 2.16. The second-order valence-corrected chi connectivity index (χ2v) is 3.14. The largest absolute Gasteiger partial charge is 0.500 e. The van der Waals surface area contributed by atoms with Crippen molar-refractivity contribution < 1.29 is 14.8 Å². The van der Waals surface area contributed by atoms with Crippen LogP contribution in [-0.2, 0) is 0 Å². The predicted molar refractivity (Wildman–Crippen MR) is 53.9 cm³/mol. The Balaban J connectivity index is 3.38. The summed E-state index contributed by atoms with van der Waals surface area (Å²) in [6.45, 7) is 1.69. The number of rotatable bonds is 3. The summed E-state index contributed by atoms with van der Waals surface area (Å²) in [5.74, 6) is -0.427. The van der Waals surface area contributed by atoms with Crippen LogP contribution in [0.4, 0.5) is 5.69 Å². The van der Waals surface area contributed by atoms with Gasteiger partial charge in [-0.3, -0.25) is 10.1 Å². The number of phenols is 1. The highest BCUT2D eigenvalue weighted by Crippen LogP contribution is 2.37. The SMILES string of the molecule is COc1cc(C(C)N)cc([N+](=O)[O-])c1O. The average Bonchev–Trinajstić information content (AvgIpc) is 2.17. The van der Waals surface area contributed by atoms with Crippen molar-refractivity contribution in [1.82, 2.24) is 0 Å². The number of nitro groups is 1. The predicted octanol–water partition coefficient (Wildman–Crippen LogP) is 1.33. The number of nitrogens with two attached hydrogens (primary N) is 1. The number of hydrogen-bond donors (Lipinski definition) is 2. The van der Waals surface area contributed by atoms with E-state index in [0.717, 1.165) is 0 Å². The molecule has 6 nitrogen and oxygen atoms in total. The number of methoxy groups -OCH3 is 1. The average molecular weight is 212 g/mol. The van der Waals surface area contributed by atoms with E-state index in [4.69, 9.17) is 10.5 Å². The number of nitrogens with zero attached hydrogens (tertiary/aromatic N) is 1. The van der Waals surface area contributed by atoms with Crippen LogP contribution in [0.25, 0.3) is 0 Å². The minimum absolute atomic E-state index is 0.0523. The first-order chi connectivity index (χ1) is 6.97. The number of aromatic hydroxyl groups is 1. The molecule has 0 fully saturated rings. The van der Waals surface area contributed by atoms with Crippen LogP contribution < -0.4 is 10.5 Å². The van der Waals surface area contributed by atoms with Crippen molar-refractivity contribution in [3.05, 3.63) is 27.8 Å². The second-order valence-electron chi connectivity index (χ2n) is 3.14. The van der Waals surface area contributed by atoms with Gasteiger partial charge in [-0.05, 0) is 18.6 Å². The summed E-state index contributed by atoms with van der Waals surface area (Å²) in [5, 5.41) is 20.1. The number of nitro benzene ring substituents is 1. The van der Waals surface area contributed by atoms with Gasteiger partial charge in [0.2, 0.25) is 5.75 Å². The molecule has 1 unspecified atom stereocenters. The first-order valence-electron chi connectivity index (χ1n) is 4.28. The second kappa shape index (κ2) is 4.14. The zero-order valence-corrected chi connectivity index (χ0v) is 8.43. The summed E-state index contributed by atoms with van der Waals surface area (Å²) in [7, 11) is 1.32. The van der Waals surface area contributed by atoms with Gasteiger partial charge >= 0.3 is 5.69 Å². The summed E-state index contributed by atoms with van der Waals surface area (Å²) in [5.41, 5.74) is 5.73. The Labute approximate surface area is 86.4 Å². The molecule has 82 valence electrons. The highest BCUT2D eigenvalue weighted by Gasteiger charge is 2.20. The Kier molecular flexibility index (Phi) is 3.11. The van der Waals surface area contributed by atoms with Crippen LogP contribution in [0.15, 0.2) is 12.1 Å². The molecule has 0 aliphatic heterocycles. The maximum atomic E-state index is 10.6. The maximum absolute atomic E-state index is 10.6. The van der Waals surface area contributed by atoms with Crippen molar-refractivity contribution in [1.29, 1.82) is 0 Å². The van der Waals surface area contributed by atoms with Gasteiger partial charge in [-0.1, -0.05) is 0 Å². The normalized spacial score (nSPS) is 12.2. The fraction of sp³-hybridized carbons (Fsp3) is 0.333. The van der Waals surface area contributed by atoms with Gasteiger partial charge in [0.25, 0.3) is 0 Å². The molecule has 1 rings (SSSR count). The van der Waals surface area contributed by atoms with E-state index in [-0.39, 0.29) is 11.8 Å². The number of phenolic OH excluding ortho intramolecular Hbond substituents is 1. The number of benzene rings is 1. The lowest BCUT2D eigenvalue weighted by atomic mass is 10.1. The van der Waals surface area contributed by atoms with E-state index in [9.17, 15) is 15.2 Å². The molecule has 6 heteroatoms. The van der Waals surface area contributed by atoms with Crippen LogP contribution in [0, 0.1) is 10.1 Å². The van der Waals surface area contributed by atoms with Gasteiger partial charge in [-0.2, -0.15) is 0 Å². The molecule has 0 aliphatic carbocycles. The van der Waals surface area contributed by atoms with E-state index in [1.54, 1.807) is 6.92 Å². The van der Waals surface area contributed by atoms with Crippen molar-refractivity contribution in [3.63, 3.8) is 0 Å². The molecular formula is C9H12N2O4. The van der Waals surface area contributed by atoms with E-state index in [1.165, 1.54) is 19.2 Å². The summed E-state index contributed by atoms with van der Waals surface area (Å²) >= 11 is 0. The van der Waals surface area contributed by atoms with Crippen molar-refractivity contribution in [2.24, 2.45) is 5.73 Å². The third-order valence-corrected chi connectivity index (χ3v) is 2.02. The van der Waals surface area contributed by atoms with Crippen LogP contribution in [0.5, 0.6) is 11.5 Å². The molecular weight excluding hydrogens is 200 g/mol. The van der Waals surface area contributed by atoms with Gasteiger partial charge in [-0.25, -0.2) is 0 Å². The fourth-order valence-corrected chi connectivity index (χ4v) is 1.17. The lowest BCUT2D eigenvalue weighted by molar-refractivity contribution is -0.386. The van der Waals surface area contributed by atoms with Gasteiger partial charge in [0.15, 0.2) is 5.75 Å². The van der Waals surface area contributed by atoms with Crippen molar-refractivity contribution in [2.45, 2.75) is 13.0 Å². The smallest absolute Gasteiger partial charge is 0.314 e. The molecule has 1 aromatic rings. The molecule has 0 aromatic heterocycles. The molecule has 0 saturated carbocycles. The molecule has 0 heterocycles. The highest BCUT2D eigenvalue weighted by atomic mass is 16.6. The van der Waals surface area contributed by atoms with Gasteiger partial charge in [0.1, 0.15) is 0 Å². The van der Waals surface area contributed by atoms with Gasteiger partial charge < -0.3 is 15.6 Å². The fourth-order valence-electron chi connectivity index (χ4n) is 1.17. The summed E-state index contributed by atoms with van der Waals surface area (Å²) in [4.78, 5) is 9.94. The molecule has 1 atom stereocenters. The Morgan fingerprint density at radius 3 is 2.60 bits per heavy atom. The highest BCUT2D eigenvalue weighted by molar-refractivity contribution is 5.57. The molecule has 0 radical (unpaired) electrons. The van der Waals surface area contributed by atoms with Crippen LogP contribution in [0.3, 0.4) is 0 Å². The molecule has 0 saturated heterocycles. The minimum Gasteiger partial charge on any atom is -0.500 e. The summed E-state index contributed by atoms with van der Waals surface area (Å²) in [6.07, 6.45) is 0. The van der Waals surface area contributed by atoms with E-state index in [2.05, 4.69) is 0 Å². The van der Waals surface area contributed by atoms with E-state index in [1.807, 2.05) is 0 Å². The summed E-state index contributed by atoms with van der Waals surface area (Å²) < 4.78 is 4.82. The molecule has 0 spiro atoms. The van der Waals surface area contributed by atoms with Gasteiger partial charge in [-0.15, -0.1) is 0 Å². The Bertz CT molecular complexity index is 390. The van der Waals surface area contributed by atoms with Gasteiger partial charge in [0.05, 0.1) is 12.0 Å². The van der Waals surface area contributed by atoms with E-state index >= 15 is 0 Å². The Morgan fingerprint density at radius 2 is 2.20 bits per heavy atom. The maximum Gasteiger partial charge on any atom is 0.314 e. The molecule has 3 N–H and O–H groups in total. The van der Waals surface area contributed by atoms with Crippen molar-refractivity contribution in [3.8, 4) is 11.5 Å². The van der Waals surface area contributed by atoms with Crippen LogP contribution in [0.1, 0.15) is 18.5 Å². The topological polar surface area (TPSA) is 98.6 Å². The number of hydrogen-bond acceptors (Lipinski definition) is 5. The molecule has 0 aliphatic rings. The first kappa shape index (κ1) is 11.3. The number of ether oxygens (including phenoxy) is 1. The Hall–Kier alpha value is -1.82. The monoisotopic (exact) mass is 212 g/mol. The quantitative estimate of drug-likeness (QED) is 0.581. The standard InChI is InChI=1S/C9H12N2O4/c1-5(10)6-3-7(11(13)14)9(12)8(4-6)15-2/h3-5,12H,10H2,1-2H3. The lowest BCUT2D eigenvalue weighted by Crippen LogP contribution is -2.06. The van der Waals surface area contributed by atoms with Crippen molar-refractivity contribution in [2.75, 3.05) is 7.11 Å². The molecule has 1 aromatic carbocycles. The van der Waals surface area contributed by atoms with E-state index < -0.39 is 16.4 Å². The van der Waals surface area contributed by atoms with Crippen LogP contribution in [0.2, 0.25) is 0 Å². The zero-order chi connectivity index (χ0) is 11.6. The molecule has 0 bridgehead atoms. The molecule has 0 amide bonds. The Morgan fingerprint density at radius 1 is 1.60 bits per heavy atom. The zero-order valence-electron chi connectivity index (χ0n) is 8.43. The minimum atomic E-state index is -0.677. The van der Waals surface area contributed by atoms with Gasteiger partial charge in [0, 0.05) is 12.1 Å². The molecule has 15 heavy (non-hydrogen) atoms. The summed E-state index contributed by atoms with van der Waals surface area (Å²) in [6, 6.07) is 2.35. The van der Waals surface area contributed by atoms with Crippen LogP contribution in [-0.4, -0.2) is 17.1 Å². The van der Waals surface area contributed by atoms with Crippen LogP contribution >= 0.6 is 0 Å². The third-order valence-electron chi connectivity index (χ3n) is 2.02. The first-order valence-corrected chi connectivity index (χ1v) is 4.28. The van der Waals surface area contributed by atoms with E-state index in [0.29, 0.717) is 5.56 Å². The van der Waals surface area contributed by atoms with Crippen molar-refractivity contribution >= 4 is 5.69 Å². The lowest BCUT2D eigenvalue weighted by Gasteiger charge is -2.09.